The molecule has 124 valence electrons. The number of hydrogen-bond acceptors (Lipinski definition) is 1. The monoisotopic (exact) mass is 385 g/mol. The Kier molecular flexibility index (Phi) is 4.21. The number of likely N-dealkylation sites (tertiary alicyclic amines) is 1. The Bertz CT molecular complexity index is 832. The van der Waals surface area contributed by atoms with Crippen LogP contribution in [0.2, 0.25) is 0 Å². The third-order valence-electron chi connectivity index (χ3n) is 5.28. The van der Waals surface area contributed by atoms with Gasteiger partial charge in [0.15, 0.2) is 0 Å². The number of H-pyrrole nitrogens is 1. The van der Waals surface area contributed by atoms with Gasteiger partial charge < -0.3 is 15.0 Å². The van der Waals surface area contributed by atoms with E-state index >= 15 is 0 Å². The standard InChI is InChI=1S/C20H21BrN2O/c21-17-7-5-16(6-8-17)20(24)9-11-23(12-10-20)14-15-13-22-19-4-2-1-3-18(15)19/h1-8,13,22,24H,9-12,14H2/p+1. The molecule has 0 atom stereocenters. The molecule has 0 spiro atoms. The van der Waals surface area contributed by atoms with Crippen molar-refractivity contribution in [2.24, 2.45) is 0 Å². The van der Waals surface area contributed by atoms with Gasteiger partial charge in [-0.25, -0.2) is 0 Å². The lowest BCUT2D eigenvalue weighted by Crippen LogP contribution is -3.12. The van der Waals surface area contributed by atoms with Crippen molar-refractivity contribution in [2.45, 2.75) is 25.0 Å². The topological polar surface area (TPSA) is 40.5 Å². The number of aliphatic hydroxyl groups is 1. The van der Waals surface area contributed by atoms with Gasteiger partial charge in [0.2, 0.25) is 0 Å². The van der Waals surface area contributed by atoms with Gasteiger partial charge in [0.1, 0.15) is 12.1 Å². The Morgan fingerprint density at radius 1 is 1.04 bits per heavy atom. The second-order valence-electron chi connectivity index (χ2n) is 6.82. The van der Waals surface area contributed by atoms with Crippen molar-refractivity contribution in [2.75, 3.05) is 13.1 Å². The fourth-order valence-electron chi connectivity index (χ4n) is 3.79. The van der Waals surface area contributed by atoms with E-state index in [4.69, 9.17) is 0 Å². The lowest BCUT2D eigenvalue weighted by Gasteiger charge is -2.36. The Hall–Kier alpha value is -1.62. The Labute approximate surface area is 150 Å². The van der Waals surface area contributed by atoms with Crippen LogP contribution < -0.4 is 4.90 Å². The summed E-state index contributed by atoms with van der Waals surface area (Å²) in [5, 5.41) is 12.3. The number of piperidine rings is 1. The highest BCUT2D eigenvalue weighted by Gasteiger charge is 2.36. The molecule has 0 amide bonds. The fraction of sp³-hybridized carbons (Fsp3) is 0.300. The third-order valence-corrected chi connectivity index (χ3v) is 5.81. The minimum absolute atomic E-state index is 0.676. The highest BCUT2D eigenvalue weighted by Crippen LogP contribution is 2.30. The van der Waals surface area contributed by atoms with Gasteiger partial charge >= 0.3 is 0 Å². The van der Waals surface area contributed by atoms with Gasteiger partial charge in [-0.1, -0.05) is 46.3 Å². The molecular formula is C20H22BrN2O+. The maximum Gasteiger partial charge on any atom is 0.105 e. The van der Waals surface area contributed by atoms with Crippen LogP contribution in [0.25, 0.3) is 10.9 Å². The Morgan fingerprint density at radius 3 is 2.50 bits per heavy atom. The van der Waals surface area contributed by atoms with Gasteiger partial charge in [-0.3, -0.25) is 0 Å². The van der Waals surface area contributed by atoms with Crippen LogP contribution in [0, 0.1) is 0 Å². The Balaban J connectivity index is 1.45. The summed E-state index contributed by atoms with van der Waals surface area (Å²) < 4.78 is 1.05. The van der Waals surface area contributed by atoms with Crippen LogP contribution in [-0.2, 0) is 12.1 Å². The molecule has 3 aromatic rings. The molecular weight excluding hydrogens is 364 g/mol. The lowest BCUT2D eigenvalue weighted by molar-refractivity contribution is -0.921. The molecule has 4 rings (SSSR count). The van der Waals surface area contributed by atoms with E-state index in [1.807, 2.05) is 24.3 Å². The number of halogens is 1. The number of fused-ring (bicyclic) bond motifs is 1. The molecule has 1 fully saturated rings. The quantitative estimate of drug-likeness (QED) is 0.637. The maximum atomic E-state index is 11.0. The number of benzene rings is 2. The molecule has 1 aliphatic heterocycles. The van der Waals surface area contributed by atoms with Crippen LogP contribution in [0.15, 0.2) is 59.2 Å². The summed E-state index contributed by atoms with van der Waals surface area (Å²) in [6.07, 6.45) is 3.76. The van der Waals surface area contributed by atoms with Crippen LogP contribution in [-0.4, -0.2) is 23.2 Å². The summed E-state index contributed by atoms with van der Waals surface area (Å²) >= 11 is 3.46. The van der Waals surface area contributed by atoms with Crippen LogP contribution >= 0.6 is 15.9 Å². The largest absolute Gasteiger partial charge is 0.385 e. The molecule has 2 heterocycles. The van der Waals surface area contributed by atoms with Crippen molar-refractivity contribution in [3.63, 3.8) is 0 Å². The molecule has 3 N–H and O–H groups in total. The molecule has 1 aliphatic rings. The maximum absolute atomic E-state index is 11.0. The first-order chi connectivity index (χ1) is 11.6. The molecule has 4 heteroatoms. The van der Waals surface area contributed by atoms with Gasteiger partial charge in [-0.2, -0.15) is 0 Å². The molecule has 0 saturated carbocycles. The van der Waals surface area contributed by atoms with Gasteiger partial charge in [0.05, 0.1) is 13.1 Å². The first-order valence-corrected chi connectivity index (χ1v) is 9.30. The minimum atomic E-state index is -0.676. The first kappa shape index (κ1) is 15.9. The number of rotatable bonds is 3. The zero-order chi connectivity index (χ0) is 16.6. The first-order valence-electron chi connectivity index (χ1n) is 8.51. The normalized spacial score (nSPS) is 24.3. The second-order valence-corrected chi connectivity index (χ2v) is 7.74. The predicted molar refractivity (Wildman–Crippen MR) is 100.0 cm³/mol. The lowest BCUT2D eigenvalue weighted by atomic mass is 9.84. The number of para-hydroxylation sites is 1. The molecule has 3 nitrogen and oxygen atoms in total. The van der Waals surface area contributed by atoms with E-state index in [2.05, 4.69) is 51.4 Å². The summed E-state index contributed by atoms with van der Waals surface area (Å²) in [7, 11) is 0. The summed E-state index contributed by atoms with van der Waals surface area (Å²) in [6.45, 7) is 3.00. The fourth-order valence-corrected chi connectivity index (χ4v) is 4.05. The van der Waals surface area contributed by atoms with Gasteiger partial charge in [0, 0.05) is 40.0 Å². The number of aromatic amines is 1. The smallest absolute Gasteiger partial charge is 0.105 e. The van der Waals surface area contributed by atoms with Crippen LogP contribution in [0.3, 0.4) is 0 Å². The molecule has 2 aromatic carbocycles. The van der Waals surface area contributed by atoms with E-state index in [1.165, 1.54) is 16.5 Å². The highest BCUT2D eigenvalue weighted by atomic mass is 79.9. The molecule has 1 aromatic heterocycles. The van der Waals surface area contributed by atoms with Gasteiger partial charge in [-0.15, -0.1) is 0 Å². The zero-order valence-corrected chi connectivity index (χ0v) is 15.1. The van der Waals surface area contributed by atoms with Crippen LogP contribution in [0.5, 0.6) is 0 Å². The van der Waals surface area contributed by atoms with Crippen molar-refractivity contribution < 1.29 is 10.0 Å². The van der Waals surface area contributed by atoms with Gasteiger partial charge in [-0.05, 0) is 23.8 Å². The summed E-state index contributed by atoms with van der Waals surface area (Å²) in [4.78, 5) is 4.90. The molecule has 1 saturated heterocycles. The van der Waals surface area contributed by atoms with Crippen molar-refractivity contribution in [3.05, 3.63) is 70.3 Å². The molecule has 0 bridgehead atoms. The second kappa shape index (κ2) is 6.36. The summed E-state index contributed by atoms with van der Waals surface area (Å²) in [6, 6.07) is 16.6. The average Bonchev–Trinajstić information content (AvgIpc) is 3.01. The number of aromatic nitrogens is 1. The molecule has 0 radical (unpaired) electrons. The number of quaternary nitrogens is 1. The molecule has 0 unspecified atom stereocenters. The highest BCUT2D eigenvalue weighted by molar-refractivity contribution is 9.10. The van der Waals surface area contributed by atoms with E-state index in [9.17, 15) is 5.11 Å². The Morgan fingerprint density at radius 2 is 1.75 bits per heavy atom. The van der Waals surface area contributed by atoms with Crippen molar-refractivity contribution in [3.8, 4) is 0 Å². The summed E-state index contributed by atoms with van der Waals surface area (Å²) in [5.74, 6) is 0. The SMILES string of the molecule is OC1(c2ccc(Br)cc2)CC[NH+](Cc2c[nH]c3ccccc23)CC1. The summed E-state index contributed by atoms with van der Waals surface area (Å²) in [5.41, 5.74) is 2.94. The minimum Gasteiger partial charge on any atom is -0.385 e. The van der Waals surface area contributed by atoms with E-state index < -0.39 is 5.60 Å². The predicted octanol–water partition coefficient (Wildman–Crippen LogP) is 3.00. The molecule has 0 aliphatic carbocycles. The van der Waals surface area contributed by atoms with Gasteiger partial charge in [0.25, 0.3) is 0 Å². The van der Waals surface area contributed by atoms with Crippen LogP contribution in [0.4, 0.5) is 0 Å². The van der Waals surface area contributed by atoms with E-state index in [0.717, 1.165) is 42.5 Å². The zero-order valence-electron chi connectivity index (χ0n) is 13.6. The number of hydrogen-bond donors (Lipinski definition) is 3. The van der Waals surface area contributed by atoms with Crippen molar-refractivity contribution in [1.29, 1.82) is 0 Å². The van der Waals surface area contributed by atoms with Crippen molar-refractivity contribution in [1.82, 2.24) is 4.98 Å². The van der Waals surface area contributed by atoms with Crippen molar-refractivity contribution >= 4 is 26.8 Å². The van der Waals surface area contributed by atoms with E-state index in [-0.39, 0.29) is 0 Å². The third kappa shape index (κ3) is 3.02. The molecule has 24 heavy (non-hydrogen) atoms. The average molecular weight is 386 g/mol. The van der Waals surface area contributed by atoms with Crippen LogP contribution in [0.1, 0.15) is 24.0 Å². The van der Waals surface area contributed by atoms with E-state index in [1.54, 1.807) is 4.90 Å². The van der Waals surface area contributed by atoms with E-state index in [0.29, 0.717) is 0 Å². The number of nitrogens with one attached hydrogen (secondary N) is 2.